The van der Waals surface area contributed by atoms with E-state index >= 15 is 0 Å². The van der Waals surface area contributed by atoms with Gasteiger partial charge in [-0.05, 0) is 29.3 Å². The third kappa shape index (κ3) is 2.24. The van der Waals surface area contributed by atoms with Crippen LogP contribution in [0.2, 0.25) is 0 Å². The molecule has 1 fully saturated rings. The monoisotopic (exact) mass is 397 g/mol. The highest BCUT2D eigenvalue weighted by molar-refractivity contribution is 5.97. The van der Waals surface area contributed by atoms with Gasteiger partial charge in [-0.1, -0.05) is 24.2 Å². The Morgan fingerprint density at radius 1 is 1.24 bits per heavy atom. The van der Waals surface area contributed by atoms with Crippen molar-refractivity contribution in [1.29, 1.82) is 0 Å². The average Bonchev–Trinajstić information content (AvgIpc) is 3.46. The number of nitrogens with zero attached hydrogens (tertiary/aromatic N) is 2. The lowest BCUT2D eigenvalue weighted by Crippen LogP contribution is -2.62. The highest BCUT2D eigenvalue weighted by Crippen LogP contribution is 2.44. The quantitative estimate of drug-likeness (QED) is 0.683. The molecule has 0 bridgehead atoms. The molecular formula is C22H19N3O4. The largest absolute Gasteiger partial charge is 0.454 e. The minimum absolute atomic E-state index is 0.0193. The number of fused-ring (bicyclic) bond motifs is 5. The summed E-state index contributed by atoms with van der Waals surface area (Å²) < 4.78 is 77.8. The molecule has 29 heavy (non-hydrogen) atoms. The number of rotatable bonds is 1. The van der Waals surface area contributed by atoms with Crippen molar-refractivity contribution in [3.05, 3.63) is 59.2 Å². The van der Waals surface area contributed by atoms with Crippen LogP contribution in [0.4, 0.5) is 0 Å². The maximum Gasteiger partial charge on any atom is 0.245 e. The fourth-order valence-corrected chi connectivity index (χ4v) is 4.09. The number of nitrogens with one attached hydrogen (secondary N) is 1. The van der Waals surface area contributed by atoms with Crippen molar-refractivity contribution in [2.45, 2.75) is 18.5 Å². The Morgan fingerprint density at radius 2 is 2.10 bits per heavy atom. The lowest BCUT2D eigenvalue weighted by Gasteiger charge is -2.46. The first-order chi connectivity index (χ1) is 17.4. The van der Waals surface area contributed by atoms with E-state index in [0.717, 1.165) is 4.90 Å². The van der Waals surface area contributed by atoms with E-state index in [1.54, 1.807) is 24.3 Å². The zero-order valence-electron chi connectivity index (χ0n) is 22.9. The van der Waals surface area contributed by atoms with Gasteiger partial charge < -0.3 is 24.3 Å². The fourth-order valence-electron chi connectivity index (χ4n) is 4.09. The second-order valence-electron chi connectivity index (χ2n) is 6.99. The molecule has 3 aromatic rings. The standard InChI is InChI=1S/C22H19N3O4/c1-24-10-19(26)25-16(22(24)27)9-14-13-4-2-3-5-15(13)23-20(14)21(25)12-6-7-17-18(8-12)29-11-28-17/h2-8,16,21,23H,9-11H2,1H3/t16-,21?/m1/s1/i1D3,6D,7D,8D,9D2. The SMILES string of the molecule is [2H]c1c([2H])c(C2c3[nH]c4ccccc4c3C([2H])([2H])[C@@H]3C(=O)N(C([2H])([2H])[2H])CC(=O)N23)c([2H])c2c1OCO2. The second-order valence-corrected chi connectivity index (χ2v) is 6.99. The van der Waals surface area contributed by atoms with Crippen LogP contribution in [0, 0.1) is 0 Å². The van der Waals surface area contributed by atoms with Gasteiger partial charge in [0.25, 0.3) is 0 Å². The van der Waals surface area contributed by atoms with Gasteiger partial charge in [0, 0.05) is 36.8 Å². The minimum Gasteiger partial charge on any atom is -0.454 e. The second kappa shape index (κ2) is 5.76. The summed E-state index contributed by atoms with van der Waals surface area (Å²) in [5, 5.41) is 0.406. The Hall–Kier alpha value is -3.48. The molecule has 1 unspecified atom stereocenters. The zero-order chi connectivity index (χ0) is 26.6. The van der Waals surface area contributed by atoms with Gasteiger partial charge in [-0.15, -0.1) is 0 Å². The Kier molecular flexibility index (Phi) is 2.05. The van der Waals surface area contributed by atoms with E-state index in [0.29, 0.717) is 15.8 Å². The summed E-state index contributed by atoms with van der Waals surface area (Å²) in [5.74, 6) is -2.18. The smallest absolute Gasteiger partial charge is 0.245 e. The van der Waals surface area contributed by atoms with E-state index < -0.39 is 49.8 Å². The van der Waals surface area contributed by atoms with Gasteiger partial charge in [-0.2, -0.15) is 0 Å². The number of carbonyl (C=O) groups excluding carboxylic acids is 2. The van der Waals surface area contributed by atoms with Gasteiger partial charge in [0.1, 0.15) is 6.04 Å². The summed E-state index contributed by atoms with van der Waals surface area (Å²) in [5.41, 5.74) is 0.474. The number of hydrogen-bond acceptors (Lipinski definition) is 4. The summed E-state index contributed by atoms with van der Waals surface area (Å²) in [6.45, 7) is -4.09. The summed E-state index contributed by atoms with van der Waals surface area (Å²) in [4.78, 5) is 31.5. The topological polar surface area (TPSA) is 74.9 Å². The molecule has 2 atom stereocenters. The number of aromatic amines is 1. The van der Waals surface area contributed by atoms with Crippen LogP contribution in [-0.2, 0) is 16.0 Å². The molecule has 1 aromatic heterocycles. The molecule has 2 amide bonds. The highest BCUT2D eigenvalue weighted by atomic mass is 16.7. The molecule has 7 nitrogen and oxygen atoms in total. The third-order valence-electron chi connectivity index (χ3n) is 5.37. The van der Waals surface area contributed by atoms with Crippen LogP contribution in [-0.4, -0.2) is 53.0 Å². The maximum atomic E-state index is 13.6. The van der Waals surface area contributed by atoms with Crippen LogP contribution in [0.25, 0.3) is 10.9 Å². The fraction of sp³-hybridized carbons (Fsp3) is 0.273. The Labute approximate surface area is 178 Å². The van der Waals surface area contributed by atoms with Crippen LogP contribution in [0.3, 0.4) is 0 Å². The van der Waals surface area contributed by atoms with Crippen LogP contribution in [0.5, 0.6) is 11.5 Å². The molecule has 3 aliphatic rings. The van der Waals surface area contributed by atoms with Gasteiger partial charge in [-0.3, -0.25) is 9.59 Å². The third-order valence-corrected chi connectivity index (χ3v) is 5.37. The molecule has 0 aliphatic carbocycles. The Balaban J connectivity index is 1.70. The maximum absolute atomic E-state index is 13.6. The number of hydrogen-bond donors (Lipinski definition) is 1. The predicted octanol–water partition coefficient (Wildman–Crippen LogP) is 2.21. The van der Waals surface area contributed by atoms with Crippen molar-refractivity contribution in [1.82, 2.24) is 14.8 Å². The van der Waals surface area contributed by atoms with Crippen molar-refractivity contribution in [2.24, 2.45) is 0 Å². The minimum atomic E-state index is -2.99. The first-order valence-electron chi connectivity index (χ1n) is 13.0. The molecular weight excluding hydrogens is 370 g/mol. The number of likely N-dealkylation sites (N-methyl/N-ethyl adjacent to an activating group) is 1. The van der Waals surface area contributed by atoms with Gasteiger partial charge >= 0.3 is 0 Å². The molecule has 146 valence electrons. The number of benzene rings is 2. The number of para-hydroxylation sites is 1. The first-order valence-corrected chi connectivity index (χ1v) is 8.98. The van der Waals surface area contributed by atoms with Crippen LogP contribution in [0.15, 0.2) is 42.4 Å². The van der Waals surface area contributed by atoms with Crippen molar-refractivity contribution in [2.75, 3.05) is 20.3 Å². The summed E-state index contributed by atoms with van der Waals surface area (Å²) >= 11 is 0. The Bertz CT molecular complexity index is 1520. The predicted molar refractivity (Wildman–Crippen MR) is 105 cm³/mol. The molecule has 6 rings (SSSR count). The first kappa shape index (κ1) is 10.3. The molecule has 0 saturated carbocycles. The summed E-state index contributed by atoms with van der Waals surface area (Å²) in [6.07, 6.45) is -2.54. The molecule has 3 aliphatic heterocycles. The van der Waals surface area contributed by atoms with E-state index in [4.69, 9.17) is 20.4 Å². The molecule has 2 aromatic carbocycles. The van der Waals surface area contributed by atoms with Gasteiger partial charge in [-0.25, -0.2) is 0 Å². The van der Waals surface area contributed by atoms with Crippen molar-refractivity contribution < 1.29 is 30.0 Å². The molecule has 0 radical (unpaired) electrons. The van der Waals surface area contributed by atoms with Gasteiger partial charge in [0.2, 0.25) is 18.6 Å². The molecule has 4 heterocycles. The van der Waals surface area contributed by atoms with Crippen LogP contribution < -0.4 is 9.47 Å². The number of ether oxygens (including phenoxy) is 2. The molecule has 1 N–H and O–H groups in total. The van der Waals surface area contributed by atoms with Crippen molar-refractivity contribution in [3.63, 3.8) is 0 Å². The van der Waals surface area contributed by atoms with E-state index in [2.05, 4.69) is 4.98 Å². The number of piperazine rings is 1. The van der Waals surface area contributed by atoms with Gasteiger partial charge in [0.15, 0.2) is 11.5 Å². The lowest BCUT2D eigenvalue weighted by atomic mass is 9.86. The average molecular weight is 397 g/mol. The molecule has 7 heteroatoms. The zero-order valence-corrected chi connectivity index (χ0v) is 14.9. The van der Waals surface area contributed by atoms with E-state index in [1.807, 2.05) is 0 Å². The molecule has 1 saturated heterocycles. The number of carbonyl (C=O) groups is 2. The summed E-state index contributed by atoms with van der Waals surface area (Å²) in [7, 11) is 0. The highest BCUT2D eigenvalue weighted by Gasteiger charge is 2.47. The van der Waals surface area contributed by atoms with E-state index in [1.165, 1.54) is 0 Å². The van der Waals surface area contributed by atoms with Crippen LogP contribution in [0.1, 0.15) is 33.8 Å². The van der Waals surface area contributed by atoms with E-state index in [9.17, 15) is 9.59 Å². The summed E-state index contributed by atoms with van der Waals surface area (Å²) in [6, 6.07) is 2.23. The Morgan fingerprint density at radius 3 is 3.00 bits per heavy atom. The van der Waals surface area contributed by atoms with Crippen molar-refractivity contribution in [3.8, 4) is 11.5 Å². The van der Waals surface area contributed by atoms with Gasteiger partial charge in [0.05, 0.1) is 16.7 Å². The normalized spacial score (nSPS) is 29.0. The lowest BCUT2D eigenvalue weighted by molar-refractivity contribution is -0.157. The van der Waals surface area contributed by atoms with Crippen molar-refractivity contribution >= 4 is 22.7 Å². The number of H-pyrrole nitrogens is 1. The van der Waals surface area contributed by atoms with Crippen LogP contribution >= 0.6 is 0 Å². The van der Waals surface area contributed by atoms with E-state index in [-0.39, 0.29) is 47.2 Å². The number of amides is 2. The molecule has 0 spiro atoms. The number of aromatic nitrogens is 1.